The summed E-state index contributed by atoms with van der Waals surface area (Å²) in [6.45, 7) is 10.3. The Morgan fingerprint density at radius 1 is 1.32 bits per heavy atom. The molecule has 1 atom stereocenters. The van der Waals surface area contributed by atoms with Gasteiger partial charge in [0.25, 0.3) is 0 Å². The minimum Gasteiger partial charge on any atom is -0.295 e. The molecule has 19 heavy (non-hydrogen) atoms. The third-order valence-electron chi connectivity index (χ3n) is 4.67. The Morgan fingerprint density at radius 3 is 2.84 bits per heavy atom. The fourth-order valence-electron chi connectivity index (χ4n) is 3.44. The average Bonchev–Trinajstić information content (AvgIpc) is 2.82. The van der Waals surface area contributed by atoms with Crippen LogP contribution in [-0.4, -0.2) is 51.3 Å². The van der Waals surface area contributed by atoms with E-state index < -0.39 is 0 Å². The Kier molecular flexibility index (Phi) is 3.89. The number of piperidine rings is 1. The van der Waals surface area contributed by atoms with Crippen molar-refractivity contribution >= 4 is 0 Å². The normalized spacial score (nSPS) is 26.5. The Balaban J connectivity index is 1.47. The maximum absolute atomic E-state index is 4.56. The van der Waals surface area contributed by atoms with Gasteiger partial charge in [0.05, 0.1) is 5.69 Å². The molecule has 3 rings (SSSR count). The molecule has 0 amide bonds. The molecule has 2 fully saturated rings. The van der Waals surface area contributed by atoms with Gasteiger partial charge in [-0.3, -0.25) is 14.5 Å². The van der Waals surface area contributed by atoms with Crippen LogP contribution >= 0.6 is 0 Å². The van der Waals surface area contributed by atoms with E-state index in [1.165, 1.54) is 44.6 Å². The molecule has 2 aliphatic rings. The Morgan fingerprint density at radius 2 is 2.16 bits per heavy atom. The van der Waals surface area contributed by atoms with Crippen LogP contribution in [0, 0.1) is 0 Å². The maximum atomic E-state index is 4.56. The van der Waals surface area contributed by atoms with Gasteiger partial charge in [-0.25, -0.2) is 0 Å². The number of nitrogens with zero attached hydrogens (tertiary/aromatic N) is 4. The summed E-state index contributed by atoms with van der Waals surface area (Å²) >= 11 is 0. The smallest absolute Gasteiger partial charge is 0.0764 e. The van der Waals surface area contributed by atoms with Crippen molar-refractivity contribution in [2.75, 3.05) is 19.6 Å². The lowest BCUT2D eigenvalue weighted by Crippen LogP contribution is -2.61. The van der Waals surface area contributed by atoms with Crippen LogP contribution in [0.15, 0.2) is 12.3 Å². The van der Waals surface area contributed by atoms with E-state index in [1.807, 2.05) is 4.68 Å². The first-order valence-corrected chi connectivity index (χ1v) is 7.76. The topological polar surface area (TPSA) is 24.3 Å². The summed E-state index contributed by atoms with van der Waals surface area (Å²) in [5.74, 6) is 0. The zero-order valence-corrected chi connectivity index (χ0v) is 12.3. The fraction of sp³-hybridized carbons (Fsp3) is 0.800. The molecule has 3 heterocycles. The van der Waals surface area contributed by atoms with Crippen LogP contribution in [0.2, 0.25) is 0 Å². The standard InChI is InChI=1S/C15H26N4/c1-3-18-9-7-14(16-18)10-17-11-15(12-17)19-8-5-4-6-13(19)2/h7,9,13,15H,3-6,8,10-12H2,1-2H3/t13-/m0/s1. The summed E-state index contributed by atoms with van der Waals surface area (Å²) in [7, 11) is 0. The van der Waals surface area contributed by atoms with E-state index in [0.29, 0.717) is 0 Å². The maximum Gasteiger partial charge on any atom is 0.0764 e. The van der Waals surface area contributed by atoms with Crippen molar-refractivity contribution < 1.29 is 0 Å². The molecule has 0 unspecified atom stereocenters. The van der Waals surface area contributed by atoms with Crippen molar-refractivity contribution in [3.05, 3.63) is 18.0 Å². The molecule has 1 aromatic rings. The molecule has 0 bridgehead atoms. The van der Waals surface area contributed by atoms with Gasteiger partial charge in [0.2, 0.25) is 0 Å². The van der Waals surface area contributed by atoms with Crippen LogP contribution in [0.1, 0.15) is 38.8 Å². The molecule has 0 aliphatic carbocycles. The molecule has 4 heteroatoms. The third-order valence-corrected chi connectivity index (χ3v) is 4.67. The van der Waals surface area contributed by atoms with Crippen molar-refractivity contribution in [1.29, 1.82) is 0 Å². The zero-order valence-electron chi connectivity index (χ0n) is 12.3. The van der Waals surface area contributed by atoms with Crippen molar-refractivity contribution in [1.82, 2.24) is 19.6 Å². The highest BCUT2D eigenvalue weighted by Gasteiger charge is 2.35. The summed E-state index contributed by atoms with van der Waals surface area (Å²) in [6, 6.07) is 3.74. The highest BCUT2D eigenvalue weighted by molar-refractivity contribution is 5.02. The van der Waals surface area contributed by atoms with E-state index in [4.69, 9.17) is 0 Å². The molecule has 2 saturated heterocycles. The monoisotopic (exact) mass is 262 g/mol. The van der Waals surface area contributed by atoms with Gasteiger partial charge in [-0.15, -0.1) is 0 Å². The molecule has 4 nitrogen and oxygen atoms in total. The van der Waals surface area contributed by atoms with Crippen molar-refractivity contribution in [2.24, 2.45) is 0 Å². The van der Waals surface area contributed by atoms with Crippen LogP contribution in [-0.2, 0) is 13.1 Å². The van der Waals surface area contributed by atoms with Crippen molar-refractivity contribution in [2.45, 2.75) is 58.3 Å². The number of hydrogen-bond acceptors (Lipinski definition) is 3. The fourth-order valence-corrected chi connectivity index (χ4v) is 3.44. The summed E-state index contributed by atoms with van der Waals surface area (Å²) in [6.07, 6.45) is 6.28. The first-order valence-electron chi connectivity index (χ1n) is 7.76. The second-order valence-electron chi connectivity index (χ2n) is 6.09. The van der Waals surface area contributed by atoms with Crippen LogP contribution in [0.25, 0.3) is 0 Å². The molecule has 106 valence electrons. The number of likely N-dealkylation sites (tertiary alicyclic amines) is 2. The predicted octanol–water partition coefficient (Wildman–Crippen LogP) is 1.96. The molecule has 1 aromatic heterocycles. The second-order valence-corrected chi connectivity index (χ2v) is 6.09. The van der Waals surface area contributed by atoms with E-state index in [0.717, 1.165) is 25.2 Å². The summed E-state index contributed by atoms with van der Waals surface area (Å²) < 4.78 is 2.01. The minimum atomic E-state index is 0.792. The Labute approximate surface area is 116 Å². The van der Waals surface area contributed by atoms with Crippen molar-refractivity contribution in [3.8, 4) is 0 Å². The lowest BCUT2D eigenvalue weighted by Gasteiger charge is -2.49. The lowest BCUT2D eigenvalue weighted by molar-refractivity contribution is -0.00681. The SMILES string of the molecule is CCn1ccc(CN2CC(N3CCCC[C@@H]3C)C2)n1. The van der Waals surface area contributed by atoms with Gasteiger partial charge in [-0.05, 0) is 39.3 Å². The highest BCUT2D eigenvalue weighted by atomic mass is 15.3. The van der Waals surface area contributed by atoms with E-state index in [-0.39, 0.29) is 0 Å². The first-order chi connectivity index (χ1) is 9.26. The molecule has 0 spiro atoms. The van der Waals surface area contributed by atoms with Gasteiger partial charge in [0, 0.05) is 44.5 Å². The summed E-state index contributed by atoms with van der Waals surface area (Å²) in [4.78, 5) is 5.25. The second kappa shape index (κ2) is 5.63. The molecule has 0 aromatic carbocycles. The van der Waals surface area contributed by atoms with E-state index >= 15 is 0 Å². The average molecular weight is 262 g/mol. The van der Waals surface area contributed by atoms with Crippen LogP contribution in [0.4, 0.5) is 0 Å². The van der Waals surface area contributed by atoms with Gasteiger partial charge >= 0.3 is 0 Å². The highest BCUT2D eigenvalue weighted by Crippen LogP contribution is 2.25. The largest absolute Gasteiger partial charge is 0.295 e. The Bertz CT molecular complexity index is 408. The zero-order chi connectivity index (χ0) is 13.2. The molecular formula is C15H26N4. The summed E-state index contributed by atoms with van der Waals surface area (Å²) in [5.41, 5.74) is 1.21. The van der Waals surface area contributed by atoms with Gasteiger partial charge in [-0.2, -0.15) is 5.10 Å². The molecular weight excluding hydrogens is 236 g/mol. The summed E-state index contributed by atoms with van der Waals surface area (Å²) in [5, 5.41) is 4.56. The van der Waals surface area contributed by atoms with E-state index in [1.54, 1.807) is 0 Å². The van der Waals surface area contributed by atoms with Crippen LogP contribution in [0.5, 0.6) is 0 Å². The van der Waals surface area contributed by atoms with Gasteiger partial charge < -0.3 is 0 Å². The number of aryl methyl sites for hydroxylation is 1. The molecule has 0 N–H and O–H groups in total. The molecule has 0 radical (unpaired) electrons. The lowest BCUT2D eigenvalue weighted by atomic mass is 9.97. The Hall–Kier alpha value is -0.870. The molecule has 2 aliphatic heterocycles. The minimum absolute atomic E-state index is 0.792. The number of aromatic nitrogens is 2. The number of rotatable bonds is 4. The van der Waals surface area contributed by atoms with Crippen LogP contribution < -0.4 is 0 Å². The van der Waals surface area contributed by atoms with E-state index in [9.17, 15) is 0 Å². The predicted molar refractivity (Wildman–Crippen MR) is 77.0 cm³/mol. The quantitative estimate of drug-likeness (QED) is 0.829. The third kappa shape index (κ3) is 2.84. The van der Waals surface area contributed by atoms with Crippen LogP contribution in [0.3, 0.4) is 0 Å². The van der Waals surface area contributed by atoms with Gasteiger partial charge in [0.15, 0.2) is 0 Å². The first kappa shape index (κ1) is 13.1. The van der Waals surface area contributed by atoms with E-state index in [2.05, 4.69) is 41.0 Å². The number of hydrogen-bond donors (Lipinski definition) is 0. The van der Waals surface area contributed by atoms with Gasteiger partial charge in [-0.1, -0.05) is 6.42 Å². The molecule has 0 saturated carbocycles. The van der Waals surface area contributed by atoms with Crippen molar-refractivity contribution in [3.63, 3.8) is 0 Å². The van der Waals surface area contributed by atoms with Gasteiger partial charge in [0.1, 0.15) is 0 Å².